The standard InChI is InChI=1S/C15H14N2S4/c1-18-10-7-9-3-6-20-13(9)11(8-10)12-14(19-2)21-15-16-4-5-17(12)15/h3,6-8H,4-5H2,1-2H3. The van der Waals surface area contributed by atoms with Crippen LogP contribution < -0.4 is 0 Å². The topological polar surface area (TPSA) is 15.6 Å². The van der Waals surface area contributed by atoms with Crippen LogP contribution in [0.2, 0.25) is 0 Å². The van der Waals surface area contributed by atoms with Gasteiger partial charge in [0.1, 0.15) is 0 Å². The molecule has 2 aliphatic rings. The van der Waals surface area contributed by atoms with Gasteiger partial charge in [0, 0.05) is 21.7 Å². The Balaban J connectivity index is 1.96. The molecular weight excluding hydrogens is 336 g/mol. The number of thioether (sulfide) groups is 3. The van der Waals surface area contributed by atoms with Crippen LogP contribution in [0.1, 0.15) is 5.56 Å². The fourth-order valence-electron chi connectivity index (χ4n) is 2.70. The maximum absolute atomic E-state index is 4.63. The molecule has 6 heteroatoms. The number of benzene rings is 1. The zero-order valence-electron chi connectivity index (χ0n) is 11.8. The number of hydrogen-bond donors (Lipinski definition) is 0. The predicted molar refractivity (Wildman–Crippen MR) is 101 cm³/mol. The molecule has 0 amide bonds. The van der Waals surface area contributed by atoms with E-state index in [0.717, 1.165) is 13.1 Å². The molecular formula is C15H14N2S4. The fraction of sp³-hybridized carbons (Fsp3) is 0.267. The van der Waals surface area contributed by atoms with Gasteiger partial charge in [-0.25, -0.2) is 0 Å². The predicted octanol–water partition coefficient (Wildman–Crippen LogP) is 5.03. The van der Waals surface area contributed by atoms with Gasteiger partial charge in [-0.15, -0.1) is 34.9 Å². The molecule has 0 unspecified atom stereocenters. The van der Waals surface area contributed by atoms with Gasteiger partial charge in [0.05, 0.1) is 16.5 Å². The molecule has 2 aliphatic heterocycles. The van der Waals surface area contributed by atoms with E-state index in [9.17, 15) is 0 Å². The first-order valence-corrected chi connectivity index (χ1v) is 10.8. The molecule has 0 atom stereocenters. The van der Waals surface area contributed by atoms with Gasteiger partial charge in [-0.2, -0.15) is 0 Å². The van der Waals surface area contributed by atoms with E-state index in [1.807, 2.05) is 46.6 Å². The van der Waals surface area contributed by atoms with Crippen molar-refractivity contribution in [1.29, 1.82) is 0 Å². The van der Waals surface area contributed by atoms with E-state index in [4.69, 9.17) is 0 Å². The van der Waals surface area contributed by atoms with Crippen molar-refractivity contribution < 1.29 is 0 Å². The van der Waals surface area contributed by atoms with Crippen LogP contribution in [0.4, 0.5) is 0 Å². The molecule has 0 saturated heterocycles. The molecule has 0 N–H and O–H groups in total. The minimum Gasteiger partial charge on any atom is -0.317 e. The molecule has 21 heavy (non-hydrogen) atoms. The normalized spacial score (nSPS) is 17.8. The Kier molecular flexibility index (Phi) is 3.73. The van der Waals surface area contributed by atoms with Gasteiger partial charge in [0.15, 0.2) is 5.17 Å². The van der Waals surface area contributed by atoms with Gasteiger partial charge in [0.2, 0.25) is 0 Å². The highest BCUT2D eigenvalue weighted by Crippen LogP contribution is 2.48. The van der Waals surface area contributed by atoms with Gasteiger partial charge in [-0.05, 0) is 53.2 Å². The minimum absolute atomic E-state index is 0.920. The van der Waals surface area contributed by atoms with Crippen LogP contribution in [0.3, 0.4) is 0 Å². The molecule has 0 fully saturated rings. The van der Waals surface area contributed by atoms with Crippen LogP contribution in [0.15, 0.2) is 37.7 Å². The molecule has 1 aromatic carbocycles. The molecule has 3 heterocycles. The van der Waals surface area contributed by atoms with Crippen molar-refractivity contribution in [2.45, 2.75) is 4.90 Å². The Morgan fingerprint density at radius 1 is 1.24 bits per heavy atom. The highest BCUT2D eigenvalue weighted by atomic mass is 32.2. The lowest BCUT2D eigenvalue weighted by atomic mass is 10.1. The lowest BCUT2D eigenvalue weighted by molar-refractivity contribution is 0.650. The maximum Gasteiger partial charge on any atom is 0.169 e. The molecule has 2 aromatic rings. The SMILES string of the molecule is CSC1=C(c2cc(SC)cc3ccsc23)N2CCN=C2S1. The van der Waals surface area contributed by atoms with E-state index in [2.05, 4.69) is 46.0 Å². The average molecular weight is 351 g/mol. The summed E-state index contributed by atoms with van der Waals surface area (Å²) in [6.07, 6.45) is 4.31. The summed E-state index contributed by atoms with van der Waals surface area (Å²) < 4.78 is 2.77. The van der Waals surface area contributed by atoms with Crippen LogP contribution >= 0.6 is 46.6 Å². The maximum atomic E-state index is 4.63. The Labute approximate surface area is 141 Å². The first kappa shape index (κ1) is 14.1. The summed E-state index contributed by atoms with van der Waals surface area (Å²) in [5, 5.41) is 4.72. The summed E-state index contributed by atoms with van der Waals surface area (Å²) >= 11 is 7.31. The Bertz CT molecular complexity index is 775. The Morgan fingerprint density at radius 3 is 2.95 bits per heavy atom. The first-order valence-electron chi connectivity index (χ1n) is 6.65. The molecule has 0 radical (unpaired) electrons. The highest BCUT2D eigenvalue weighted by molar-refractivity contribution is 8.30. The largest absolute Gasteiger partial charge is 0.317 e. The fourth-order valence-corrected chi connectivity index (χ4v) is 5.98. The summed E-state index contributed by atoms with van der Waals surface area (Å²) in [5.74, 6) is 0. The van der Waals surface area contributed by atoms with E-state index in [0.29, 0.717) is 0 Å². The summed E-state index contributed by atoms with van der Waals surface area (Å²) in [4.78, 5) is 8.36. The molecule has 0 spiro atoms. The molecule has 0 bridgehead atoms. The number of thiophene rings is 1. The van der Waals surface area contributed by atoms with E-state index < -0.39 is 0 Å². The first-order chi connectivity index (χ1) is 10.3. The van der Waals surface area contributed by atoms with Crippen molar-refractivity contribution in [3.8, 4) is 0 Å². The molecule has 1 aromatic heterocycles. The van der Waals surface area contributed by atoms with Crippen LogP contribution in [-0.2, 0) is 0 Å². The van der Waals surface area contributed by atoms with Gasteiger partial charge >= 0.3 is 0 Å². The third kappa shape index (κ3) is 2.23. The van der Waals surface area contributed by atoms with Crippen LogP contribution in [-0.4, -0.2) is 35.7 Å². The number of fused-ring (bicyclic) bond motifs is 2. The minimum atomic E-state index is 0.920. The number of amidine groups is 1. The average Bonchev–Trinajstić information content (AvgIpc) is 3.20. The van der Waals surface area contributed by atoms with Gasteiger partial charge < -0.3 is 4.90 Å². The van der Waals surface area contributed by atoms with E-state index in [-0.39, 0.29) is 0 Å². The van der Waals surface area contributed by atoms with Crippen LogP contribution in [0, 0.1) is 0 Å². The van der Waals surface area contributed by atoms with E-state index in [1.165, 1.54) is 35.6 Å². The molecule has 0 saturated carbocycles. The highest BCUT2D eigenvalue weighted by Gasteiger charge is 2.33. The molecule has 0 aliphatic carbocycles. The second kappa shape index (κ2) is 5.57. The zero-order chi connectivity index (χ0) is 14.4. The lowest BCUT2D eigenvalue weighted by Gasteiger charge is -2.18. The Morgan fingerprint density at radius 2 is 2.14 bits per heavy atom. The van der Waals surface area contributed by atoms with Gasteiger partial charge in [-0.3, -0.25) is 4.99 Å². The summed E-state index contributed by atoms with van der Waals surface area (Å²) in [6.45, 7) is 1.93. The third-order valence-electron chi connectivity index (χ3n) is 3.65. The molecule has 108 valence electrons. The molecule has 2 nitrogen and oxygen atoms in total. The van der Waals surface area contributed by atoms with Crippen LogP contribution in [0.25, 0.3) is 15.8 Å². The quantitative estimate of drug-likeness (QED) is 0.721. The summed E-state index contributed by atoms with van der Waals surface area (Å²) in [6, 6.07) is 6.86. The summed E-state index contributed by atoms with van der Waals surface area (Å²) in [5.41, 5.74) is 2.74. The third-order valence-corrected chi connectivity index (χ3v) is 7.55. The van der Waals surface area contributed by atoms with Crippen molar-refractivity contribution in [2.75, 3.05) is 25.6 Å². The Hall–Kier alpha value is -0.560. The van der Waals surface area contributed by atoms with E-state index >= 15 is 0 Å². The van der Waals surface area contributed by atoms with E-state index in [1.54, 1.807) is 0 Å². The summed E-state index contributed by atoms with van der Waals surface area (Å²) in [7, 11) is 0. The second-order valence-electron chi connectivity index (χ2n) is 4.77. The molecule has 4 rings (SSSR count). The lowest BCUT2D eigenvalue weighted by Crippen LogP contribution is -2.20. The second-order valence-corrected chi connectivity index (χ2v) is 8.62. The van der Waals surface area contributed by atoms with Crippen molar-refractivity contribution in [1.82, 2.24) is 4.90 Å². The van der Waals surface area contributed by atoms with Crippen molar-refractivity contribution >= 4 is 67.6 Å². The van der Waals surface area contributed by atoms with Crippen molar-refractivity contribution in [2.24, 2.45) is 4.99 Å². The smallest absolute Gasteiger partial charge is 0.169 e. The number of nitrogens with zero attached hydrogens (tertiary/aromatic N) is 2. The monoisotopic (exact) mass is 350 g/mol. The number of aliphatic imine (C=N–C) groups is 1. The van der Waals surface area contributed by atoms with Crippen molar-refractivity contribution in [3.05, 3.63) is 33.4 Å². The van der Waals surface area contributed by atoms with Gasteiger partial charge in [0.25, 0.3) is 0 Å². The number of rotatable bonds is 3. The number of hydrogen-bond acceptors (Lipinski definition) is 6. The van der Waals surface area contributed by atoms with Gasteiger partial charge in [-0.1, -0.05) is 0 Å². The van der Waals surface area contributed by atoms with Crippen LogP contribution in [0.5, 0.6) is 0 Å². The van der Waals surface area contributed by atoms with Crippen molar-refractivity contribution in [3.63, 3.8) is 0 Å². The zero-order valence-corrected chi connectivity index (χ0v) is 15.0.